The Morgan fingerprint density at radius 2 is 1.93 bits per heavy atom. The van der Waals surface area contributed by atoms with Crippen LogP contribution in [0.5, 0.6) is 0 Å². The largest absolute Gasteiger partial charge is 0.359 e. The van der Waals surface area contributed by atoms with Crippen LogP contribution in [0.1, 0.15) is 0 Å². The van der Waals surface area contributed by atoms with Crippen LogP contribution < -0.4 is 5.32 Å². The van der Waals surface area contributed by atoms with E-state index in [0.717, 1.165) is 12.1 Å². The fourth-order valence-corrected chi connectivity index (χ4v) is 1.41. The van der Waals surface area contributed by atoms with Crippen molar-refractivity contribution in [2.75, 3.05) is 12.4 Å². The summed E-state index contributed by atoms with van der Waals surface area (Å²) < 4.78 is 27.4. The number of aryl methyl sites for hydroxylation is 1. The Bertz CT molecular complexity index is 490. The topological polar surface area (TPSA) is 29.9 Å². The average Bonchev–Trinajstić information content (AvgIpc) is 2.45. The molecular weight excluding hydrogens is 188 g/mol. The lowest BCUT2D eigenvalue weighted by Crippen LogP contribution is -1.97. The molecule has 0 aliphatic heterocycles. The molecule has 74 valence electrons. The van der Waals surface area contributed by atoms with Crippen LogP contribution in [0.2, 0.25) is 0 Å². The van der Waals surface area contributed by atoms with Crippen molar-refractivity contribution in [1.29, 1.82) is 0 Å². The fourth-order valence-electron chi connectivity index (χ4n) is 1.41. The van der Waals surface area contributed by atoms with Crippen molar-refractivity contribution < 1.29 is 8.78 Å². The number of fused-ring (bicyclic) bond motifs is 1. The predicted octanol–water partition coefficient (Wildman–Crippen LogP) is 1.89. The quantitative estimate of drug-likeness (QED) is 0.756. The second kappa shape index (κ2) is 2.94. The van der Waals surface area contributed by atoms with Gasteiger partial charge in [-0.05, 0) is 0 Å². The lowest BCUT2D eigenvalue weighted by Gasteiger charge is -1.99. The van der Waals surface area contributed by atoms with Gasteiger partial charge >= 0.3 is 0 Å². The molecule has 1 aromatic carbocycles. The Morgan fingerprint density at radius 3 is 2.57 bits per heavy atom. The lowest BCUT2D eigenvalue weighted by atomic mass is 10.3. The molecule has 0 spiro atoms. The minimum atomic E-state index is -0.877. The highest BCUT2D eigenvalue weighted by atomic mass is 19.2. The van der Waals surface area contributed by atoms with Gasteiger partial charge in [-0.25, -0.2) is 13.8 Å². The van der Waals surface area contributed by atoms with E-state index in [2.05, 4.69) is 10.3 Å². The number of rotatable bonds is 1. The second-order valence-electron chi connectivity index (χ2n) is 3.00. The van der Waals surface area contributed by atoms with Gasteiger partial charge in [0.05, 0.1) is 11.0 Å². The first-order valence-electron chi connectivity index (χ1n) is 4.12. The van der Waals surface area contributed by atoms with Gasteiger partial charge in [0.2, 0.25) is 5.95 Å². The number of nitrogens with one attached hydrogen (secondary N) is 1. The average molecular weight is 197 g/mol. The van der Waals surface area contributed by atoms with Crippen LogP contribution in [-0.2, 0) is 7.05 Å². The van der Waals surface area contributed by atoms with E-state index < -0.39 is 11.6 Å². The van der Waals surface area contributed by atoms with Crippen molar-refractivity contribution in [2.45, 2.75) is 0 Å². The third kappa shape index (κ3) is 1.13. The van der Waals surface area contributed by atoms with Crippen LogP contribution >= 0.6 is 0 Å². The summed E-state index contributed by atoms with van der Waals surface area (Å²) in [7, 11) is 3.44. The standard InChI is InChI=1S/C9H9F2N3/c1-12-9-13-7-3-5(10)6(11)4-8(7)14(9)2/h3-4H,1-2H3,(H,12,13). The number of imidazole rings is 1. The van der Waals surface area contributed by atoms with Crippen molar-refractivity contribution in [2.24, 2.45) is 7.05 Å². The first-order valence-corrected chi connectivity index (χ1v) is 4.12. The Hall–Kier alpha value is -1.65. The molecule has 3 nitrogen and oxygen atoms in total. The summed E-state index contributed by atoms with van der Waals surface area (Å²) in [5.74, 6) is -1.16. The van der Waals surface area contributed by atoms with E-state index in [1.165, 1.54) is 0 Å². The third-order valence-corrected chi connectivity index (χ3v) is 2.15. The summed E-state index contributed by atoms with van der Waals surface area (Å²) in [6.07, 6.45) is 0. The van der Waals surface area contributed by atoms with E-state index >= 15 is 0 Å². The number of halogens is 2. The number of benzene rings is 1. The minimum Gasteiger partial charge on any atom is -0.359 e. The molecular formula is C9H9F2N3. The monoisotopic (exact) mass is 197 g/mol. The van der Waals surface area contributed by atoms with Crippen LogP contribution in [0.25, 0.3) is 11.0 Å². The maximum atomic E-state index is 12.9. The molecule has 0 bridgehead atoms. The molecule has 5 heteroatoms. The van der Waals surface area contributed by atoms with Gasteiger partial charge < -0.3 is 9.88 Å². The first kappa shape index (κ1) is 8.93. The molecule has 0 saturated heterocycles. The van der Waals surface area contributed by atoms with Crippen molar-refractivity contribution in [1.82, 2.24) is 9.55 Å². The van der Waals surface area contributed by atoms with Crippen LogP contribution in [0.3, 0.4) is 0 Å². The van der Waals surface area contributed by atoms with Crippen LogP contribution in [0, 0.1) is 11.6 Å². The van der Waals surface area contributed by atoms with E-state index in [0.29, 0.717) is 17.0 Å². The van der Waals surface area contributed by atoms with Crippen molar-refractivity contribution in [3.63, 3.8) is 0 Å². The zero-order valence-electron chi connectivity index (χ0n) is 7.81. The Morgan fingerprint density at radius 1 is 1.29 bits per heavy atom. The Balaban J connectivity index is 2.80. The number of hydrogen-bond donors (Lipinski definition) is 1. The smallest absolute Gasteiger partial charge is 0.203 e. The van der Waals surface area contributed by atoms with Crippen LogP contribution in [-0.4, -0.2) is 16.6 Å². The molecule has 2 aromatic rings. The molecule has 0 fully saturated rings. The second-order valence-corrected chi connectivity index (χ2v) is 3.00. The molecule has 2 rings (SSSR count). The summed E-state index contributed by atoms with van der Waals surface area (Å²) >= 11 is 0. The highest BCUT2D eigenvalue weighted by molar-refractivity contribution is 5.78. The molecule has 0 amide bonds. The predicted molar refractivity (Wildman–Crippen MR) is 50.2 cm³/mol. The number of nitrogens with zero attached hydrogens (tertiary/aromatic N) is 2. The lowest BCUT2D eigenvalue weighted by molar-refractivity contribution is 0.510. The van der Waals surface area contributed by atoms with Crippen molar-refractivity contribution in [3.8, 4) is 0 Å². The zero-order chi connectivity index (χ0) is 10.3. The molecule has 0 unspecified atom stereocenters. The van der Waals surface area contributed by atoms with E-state index in [9.17, 15) is 8.78 Å². The van der Waals surface area contributed by atoms with Gasteiger partial charge in [-0.15, -0.1) is 0 Å². The summed E-state index contributed by atoms with van der Waals surface area (Å²) in [5.41, 5.74) is 1.00. The SMILES string of the molecule is CNc1nc2cc(F)c(F)cc2n1C. The number of anilines is 1. The van der Waals surface area contributed by atoms with Crippen molar-refractivity contribution in [3.05, 3.63) is 23.8 Å². The van der Waals surface area contributed by atoms with Crippen LogP contribution in [0.15, 0.2) is 12.1 Å². The van der Waals surface area contributed by atoms with E-state index in [1.807, 2.05) is 0 Å². The highest BCUT2D eigenvalue weighted by Gasteiger charge is 2.10. The van der Waals surface area contributed by atoms with Gasteiger partial charge in [-0.1, -0.05) is 0 Å². The molecule has 0 saturated carbocycles. The normalized spacial score (nSPS) is 10.9. The number of aromatic nitrogens is 2. The molecule has 0 aliphatic carbocycles. The molecule has 1 heterocycles. The molecule has 1 N–H and O–H groups in total. The van der Waals surface area contributed by atoms with Crippen LogP contribution in [0.4, 0.5) is 14.7 Å². The summed E-state index contributed by atoms with van der Waals surface area (Å²) in [6.45, 7) is 0. The molecule has 0 aliphatic rings. The summed E-state index contributed by atoms with van der Waals surface area (Å²) in [6, 6.07) is 2.23. The Labute approximate surface area is 79.4 Å². The number of hydrogen-bond acceptors (Lipinski definition) is 2. The van der Waals surface area contributed by atoms with Gasteiger partial charge in [0.1, 0.15) is 0 Å². The Kier molecular flexibility index (Phi) is 1.87. The maximum Gasteiger partial charge on any atom is 0.203 e. The third-order valence-electron chi connectivity index (χ3n) is 2.15. The molecule has 0 atom stereocenters. The first-order chi connectivity index (χ1) is 6.63. The summed E-state index contributed by atoms with van der Waals surface area (Å²) in [4.78, 5) is 4.08. The van der Waals surface area contributed by atoms with Gasteiger partial charge in [-0.2, -0.15) is 0 Å². The maximum absolute atomic E-state index is 12.9. The summed E-state index contributed by atoms with van der Waals surface area (Å²) in [5, 5.41) is 2.83. The molecule has 14 heavy (non-hydrogen) atoms. The van der Waals surface area contributed by atoms with E-state index in [4.69, 9.17) is 0 Å². The molecule has 1 aromatic heterocycles. The molecule has 0 radical (unpaired) electrons. The van der Waals surface area contributed by atoms with Gasteiger partial charge in [-0.3, -0.25) is 0 Å². The minimum absolute atomic E-state index is 0.441. The van der Waals surface area contributed by atoms with Gasteiger partial charge in [0, 0.05) is 26.2 Å². The fraction of sp³-hybridized carbons (Fsp3) is 0.222. The van der Waals surface area contributed by atoms with Gasteiger partial charge in [0.15, 0.2) is 11.6 Å². The highest BCUT2D eigenvalue weighted by Crippen LogP contribution is 2.20. The zero-order valence-corrected chi connectivity index (χ0v) is 7.81. The van der Waals surface area contributed by atoms with Crippen molar-refractivity contribution >= 4 is 17.0 Å². The van der Waals surface area contributed by atoms with E-state index in [-0.39, 0.29) is 0 Å². The van der Waals surface area contributed by atoms with Gasteiger partial charge in [0.25, 0.3) is 0 Å². The van der Waals surface area contributed by atoms with E-state index in [1.54, 1.807) is 18.7 Å².